The maximum atomic E-state index is 6.01. The molecule has 0 radical (unpaired) electrons. The van der Waals surface area contributed by atoms with Gasteiger partial charge in [0.05, 0.1) is 0 Å². The van der Waals surface area contributed by atoms with Crippen molar-refractivity contribution >= 4 is 0 Å². The number of nitrogens with two attached hydrogens (primary N) is 1. The summed E-state index contributed by atoms with van der Waals surface area (Å²) >= 11 is 0. The molecule has 0 aliphatic rings. The number of hydrogen-bond donors (Lipinski definition) is 1. The Morgan fingerprint density at radius 1 is 1.31 bits per heavy atom. The highest BCUT2D eigenvalue weighted by Crippen LogP contribution is 2.04. The van der Waals surface area contributed by atoms with E-state index in [2.05, 4.69) is 39.2 Å². The van der Waals surface area contributed by atoms with Gasteiger partial charge in [-0.3, -0.25) is 4.90 Å². The first-order chi connectivity index (χ1) is 5.99. The van der Waals surface area contributed by atoms with Crippen LogP contribution in [0.5, 0.6) is 0 Å². The average Bonchev–Trinajstić information content (AvgIpc) is 2.03. The molecule has 0 fully saturated rings. The third-order valence-electron chi connectivity index (χ3n) is 2.40. The van der Waals surface area contributed by atoms with Gasteiger partial charge in [-0.25, -0.2) is 0 Å². The summed E-state index contributed by atoms with van der Waals surface area (Å²) in [4.78, 5) is 2.34. The second-order valence-corrected chi connectivity index (χ2v) is 4.24. The summed E-state index contributed by atoms with van der Waals surface area (Å²) in [5, 5.41) is 0. The second kappa shape index (κ2) is 6.17. The van der Waals surface area contributed by atoms with Gasteiger partial charge in [-0.2, -0.15) is 0 Å². The van der Waals surface area contributed by atoms with Crippen LogP contribution in [0, 0.1) is 5.92 Å². The van der Waals surface area contributed by atoms with Gasteiger partial charge in [0.15, 0.2) is 0 Å². The lowest BCUT2D eigenvalue weighted by Crippen LogP contribution is -2.43. The number of nitrogens with zero attached hydrogens (tertiary/aromatic N) is 1. The predicted octanol–water partition coefficient (Wildman–Crippen LogP) is 1.87. The fourth-order valence-corrected chi connectivity index (χ4v) is 1.14. The SMILES string of the molecule is C=CCN(CC(N)C(C)C)C(C)C. The molecule has 2 heteroatoms. The van der Waals surface area contributed by atoms with E-state index in [4.69, 9.17) is 5.73 Å². The molecule has 0 rings (SSSR count). The van der Waals surface area contributed by atoms with Crippen LogP contribution in [-0.2, 0) is 0 Å². The van der Waals surface area contributed by atoms with E-state index < -0.39 is 0 Å². The molecule has 0 aliphatic carbocycles. The minimum Gasteiger partial charge on any atom is -0.326 e. The van der Waals surface area contributed by atoms with Crippen LogP contribution in [0.2, 0.25) is 0 Å². The normalized spacial score (nSPS) is 14.2. The van der Waals surface area contributed by atoms with Crippen LogP contribution < -0.4 is 5.73 Å². The molecular weight excluding hydrogens is 160 g/mol. The molecule has 0 bridgehead atoms. The molecule has 0 aromatic carbocycles. The molecule has 1 atom stereocenters. The third-order valence-corrected chi connectivity index (χ3v) is 2.40. The minimum atomic E-state index is 0.266. The van der Waals surface area contributed by atoms with E-state index in [1.165, 1.54) is 0 Å². The zero-order valence-electron chi connectivity index (χ0n) is 9.46. The Labute approximate surface area is 82.8 Å². The summed E-state index contributed by atoms with van der Waals surface area (Å²) in [6.45, 7) is 14.4. The van der Waals surface area contributed by atoms with Crippen molar-refractivity contribution in [2.75, 3.05) is 13.1 Å². The molecule has 13 heavy (non-hydrogen) atoms. The van der Waals surface area contributed by atoms with E-state index >= 15 is 0 Å². The van der Waals surface area contributed by atoms with E-state index in [1.54, 1.807) is 0 Å². The molecule has 2 nitrogen and oxygen atoms in total. The van der Waals surface area contributed by atoms with Crippen LogP contribution in [0.3, 0.4) is 0 Å². The molecule has 0 aromatic heterocycles. The zero-order chi connectivity index (χ0) is 10.4. The zero-order valence-corrected chi connectivity index (χ0v) is 9.46. The standard InChI is InChI=1S/C11H24N2/c1-6-7-13(10(4)5)8-11(12)9(2)3/h6,9-11H,1,7-8,12H2,2-5H3. The van der Waals surface area contributed by atoms with Gasteiger partial charge in [0.1, 0.15) is 0 Å². The second-order valence-electron chi connectivity index (χ2n) is 4.24. The Morgan fingerprint density at radius 3 is 2.15 bits per heavy atom. The average molecular weight is 184 g/mol. The molecule has 78 valence electrons. The van der Waals surface area contributed by atoms with Gasteiger partial charge < -0.3 is 5.73 Å². The van der Waals surface area contributed by atoms with Gasteiger partial charge in [0, 0.05) is 25.2 Å². The third kappa shape index (κ3) is 5.06. The quantitative estimate of drug-likeness (QED) is 0.639. The molecule has 0 amide bonds. The van der Waals surface area contributed by atoms with Crippen molar-refractivity contribution in [1.29, 1.82) is 0 Å². The summed E-state index contributed by atoms with van der Waals surface area (Å²) in [6, 6.07) is 0.810. The molecule has 0 spiro atoms. The molecular formula is C11H24N2. The lowest BCUT2D eigenvalue weighted by molar-refractivity contribution is 0.214. The Bertz CT molecular complexity index is 141. The fraction of sp³-hybridized carbons (Fsp3) is 0.818. The van der Waals surface area contributed by atoms with Gasteiger partial charge in [-0.05, 0) is 19.8 Å². The molecule has 0 saturated carbocycles. The largest absolute Gasteiger partial charge is 0.326 e. The van der Waals surface area contributed by atoms with Gasteiger partial charge in [0.2, 0.25) is 0 Å². The summed E-state index contributed by atoms with van der Waals surface area (Å²) in [5.41, 5.74) is 6.01. The fourth-order valence-electron chi connectivity index (χ4n) is 1.14. The Hall–Kier alpha value is -0.340. The van der Waals surface area contributed by atoms with Crippen LogP contribution >= 0.6 is 0 Å². The summed E-state index contributed by atoms with van der Waals surface area (Å²) in [5.74, 6) is 0.547. The Kier molecular flexibility index (Phi) is 6.00. The van der Waals surface area contributed by atoms with Crippen molar-refractivity contribution < 1.29 is 0 Å². The van der Waals surface area contributed by atoms with E-state index in [0.29, 0.717) is 12.0 Å². The maximum Gasteiger partial charge on any atom is 0.0191 e. The first-order valence-corrected chi connectivity index (χ1v) is 5.09. The molecule has 0 heterocycles. The highest BCUT2D eigenvalue weighted by Gasteiger charge is 2.14. The highest BCUT2D eigenvalue weighted by molar-refractivity contribution is 4.79. The van der Waals surface area contributed by atoms with E-state index in [-0.39, 0.29) is 6.04 Å². The number of hydrogen-bond acceptors (Lipinski definition) is 2. The molecule has 0 saturated heterocycles. The topological polar surface area (TPSA) is 29.3 Å². The van der Waals surface area contributed by atoms with Gasteiger partial charge >= 0.3 is 0 Å². The van der Waals surface area contributed by atoms with E-state index in [1.807, 2.05) is 6.08 Å². The first-order valence-electron chi connectivity index (χ1n) is 5.09. The lowest BCUT2D eigenvalue weighted by Gasteiger charge is -2.29. The summed E-state index contributed by atoms with van der Waals surface area (Å²) < 4.78 is 0. The molecule has 2 N–H and O–H groups in total. The summed E-state index contributed by atoms with van der Waals surface area (Å²) in [7, 11) is 0. The maximum absolute atomic E-state index is 6.01. The smallest absolute Gasteiger partial charge is 0.0191 e. The molecule has 0 aliphatic heterocycles. The van der Waals surface area contributed by atoms with Crippen LogP contribution in [-0.4, -0.2) is 30.1 Å². The first kappa shape index (κ1) is 12.7. The Balaban J connectivity index is 4.01. The highest BCUT2D eigenvalue weighted by atomic mass is 15.2. The van der Waals surface area contributed by atoms with Crippen molar-refractivity contribution in [3.8, 4) is 0 Å². The minimum absolute atomic E-state index is 0.266. The van der Waals surface area contributed by atoms with Crippen molar-refractivity contribution in [2.24, 2.45) is 11.7 Å². The van der Waals surface area contributed by atoms with Crippen LogP contribution in [0.15, 0.2) is 12.7 Å². The molecule has 0 aromatic rings. The van der Waals surface area contributed by atoms with Crippen LogP contribution in [0.25, 0.3) is 0 Å². The van der Waals surface area contributed by atoms with Crippen LogP contribution in [0.4, 0.5) is 0 Å². The Morgan fingerprint density at radius 2 is 1.85 bits per heavy atom. The van der Waals surface area contributed by atoms with Crippen molar-refractivity contribution in [3.05, 3.63) is 12.7 Å². The van der Waals surface area contributed by atoms with Gasteiger partial charge in [0.25, 0.3) is 0 Å². The monoisotopic (exact) mass is 184 g/mol. The van der Waals surface area contributed by atoms with Crippen molar-refractivity contribution in [3.63, 3.8) is 0 Å². The van der Waals surface area contributed by atoms with Crippen molar-refractivity contribution in [1.82, 2.24) is 4.90 Å². The van der Waals surface area contributed by atoms with Crippen LogP contribution in [0.1, 0.15) is 27.7 Å². The van der Waals surface area contributed by atoms with E-state index in [0.717, 1.165) is 13.1 Å². The number of rotatable bonds is 6. The predicted molar refractivity (Wildman–Crippen MR) is 59.7 cm³/mol. The van der Waals surface area contributed by atoms with Gasteiger partial charge in [-0.1, -0.05) is 19.9 Å². The van der Waals surface area contributed by atoms with Crippen molar-refractivity contribution in [2.45, 2.75) is 39.8 Å². The molecule has 1 unspecified atom stereocenters. The van der Waals surface area contributed by atoms with Gasteiger partial charge in [-0.15, -0.1) is 6.58 Å². The lowest BCUT2D eigenvalue weighted by atomic mass is 10.0. The van der Waals surface area contributed by atoms with E-state index in [9.17, 15) is 0 Å². The summed E-state index contributed by atoms with van der Waals surface area (Å²) in [6.07, 6.45) is 1.94.